The second-order valence-electron chi connectivity index (χ2n) is 4.89. The molecule has 70 valence electrons. The standard InChI is InChI=1S/C9H18NOP/c1-8(2)5-7(11)6-9(3,4)10(8)12/h5-6,12H2,1-4H3. The summed E-state index contributed by atoms with van der Waals surface area (Å²) in [6.45, 7) is 8.44. The van der Waals surface area contributed by atoms with Crippen LogP contribution in [0.2, 0.25) is 0 Å². The Balaban J connectivity index is 2.91. The molecule has 1 aliphatic rings. The minimum Gasteiger partial charge on any atom is -0.300 e. The summed E-state index contributed by atoms with van der Waals surface area (Å²) in [5.41, 5.74) is -0.0208. The Morgan fingerprint density at radius 3 is 1.83 bits per heavy atom. The number of hydrogen-bond donors (Lipinski definition) is 0. The number of carbonyl (C=O) groups excluding carboxylic acids is 1. The van der Waals surface area contributed by atoms with Gasteiger partial charge in [0.05, 0.1) is 0 Å². The van der Waals surface area contributed by atoms with Crippen LogP contribution in [-0.2, 0) is 4.79 Å². The van der Waals surface area contributed by atoms with E-state index >= 15 is 0 Å². The molecule has 2 nitrogen and oxygen atoms in total. The van der Waals surface area contributed by atoms with E-state index in [1.54, 1.807) is 0 Å². The molecule has 0 spiro atoms. The molecule has 0 aromatic carbocycles. The third kappa shape index (κ3) is 1.70. The van der Waals surface area contributed by atoms with Gasteiger partial charge in [-0.3, -0.25) is 9.46 Å². The molecule has 12 heavy (non-hydrogen) atoms. The van der Waals surface area contributed by atoms with Crippen molar-refractivity contribution in [1.82, 2.24) is 4.67 Å². The van der Waals surface area contributed by atoms with E-state index in [1.165, 1.54) is 0 Å². The van der Waals surface area contributed by atoms with Crippen LogP contribution in [0.1, 0.15) is 40.5 Å². The van der Waals surface area contributed by atoms with Crippen LogP contribution in [0.5, 0.6) is 0 Å². The van der Waals surface area contributed by atoms with Crippen molar-refractivity contribution in [3.63, 3.8) is 0 Å². The van der Waals surface area contributed by atoms with Gasteiger partial charge in [-0.25, -0.2) is 0 Å². The summed E-state index contributed by atoms with van der Waals surface area (Å²) in [5.74, 6) is 0.378. The second-order valence-corrected chi connectivity index (χ2v) is 5.40. The monoisotopic (exact) mass is 187 g/mol. The first-order valence-corrected chi connectivity index (χ1v) is 4.84. The summed E-state index contributed by atoms with van der Waals surface area (Å²) in [6.07, 6.45) is 1.33. The van der Waals surface area contributed by atoms with E-state index in [-0.39, 0.29) is 11.1 Å². The Kier molecular flexibility index (Phi) is 2.35. The van der Waals surface area contributed by atoms with Crippen LogP contribution in [-0.4, -0.2) is 21.5 Å². The van der Waals surface area contributed by atoms with Gasteiger partial charge in [0.15, 0.2) is 0 Å². The molecule has 0 bridgehead atoms. The topological polar surface area (TPSA) is 20.3 Å². The number of carbonyl (C=O) groups is 1. The molecular formula is C9H18NOP. The maximum atomic E-state index is 11.4. The van der Waals surface area contributed by atoms with Crippen LogP contribution in [0.3, 0.4) is 0 Å². The maximum Gasteiger partial charge on any atom is 0.136 e. The molecule has 0 aromatic heterocycles. The fourth-order valence-corrected chi connectivity index (χ4v) is 2.20. The quantitative estimate of drug-likeness (QED) is 0.540. The van der Waals surface area contributed by atoms with Crippen LogP contribution < -0.4 is 0 Å². The Hall–Kier alpha value is 0.0600. The predicted molar refractivity (Wildman–Crippen MR) is 53.9 cm³/mol. The number of Topliss-reactive ketones (excluding diaryl/α,β-unsaturated/α-hetero) is 1. The predicted octanol–water partition coefficient (Wildman–Crippen LogP) is 2.00. The van der Waals surface area contributed by atoms with E-state index in [0.29, 0.717) is 18.6 Å². The molecule has 1 fully saturated rings. The highest BCUT2D eigenvalue weighted by Crippen LogP contribution is 2.38. The van der Waals surface area contributed by atoms with Crippen LogP contribution in [0.25, 0.3) is 0 Å². The van der Waals surface area contributed by atoms with Gasteiger partial charge < -0.3 is 0 Å². The van der Waals surface area contributed by atoms with Gasteiger partial charge >= 0.3 is 0 Å². The van der Waals surface area contributed by atoms with Gasteiger partial charge in [0.1, 0.15) is 5.78 Å². The Labute approximate surface area is 77.0 Å². The molecule has 1 atom stereocenters. The third-order valence-corrected chi connectivity index (χ3v) is 3.96. The van der Waals surface area contributed by atoms with Crippen molar-refractivity contribution < 1.29 is 4.79 Å². The lowest BCUT2D eigenvalue weighted by Gasteiger charge is -2.49. The first-order chi connectivity index (χ1) is 5.26. The molecule has 1 rings (SSSR count). The second kappa shape index (κ2) is 2.78. The number of ketones is 1. The minimum absolute atomic E-state index is 0.0104. The summed E-state index contributed by atoms with van der Waals surface area (Å²) in [4.78, 5) is 11.4. The molecule has 1 heterocycles. The third-order valence-electron chi connectivity index (χ3n) is 2.56. The molecule has 3 heteroatoms. The van der Waals surface area contributed by atoms with E-state index < -0.39 is 0 Å². The average molecular weight is 187 g/mol. The smallest absolute Gasteiger partial charge is 0.136 e. The Morgan fingerprint density at radius 2 is 1.50 bits per heavy atom. The maximum absolute atomic E-state index is 11.4. The number of rotatable bonds is 0. The van der Waals surface area contributed by atoms with Gasteiger partial charge in [0, 0.05) is 23.9 Å². The van der Waals surface area contributed by atoms with Gasteiger partial charge in [-0.2, -0.15) is 0 Å². The van der Waals surface area contributed by atoms with Crippen LogP contribution >= 0.6 is 9.39 Å². The van der Waals surface area contributed by atoms with Gasteiger partial charge in [0.2, 0.25) is 0 Å². The summed E-state index contributed by atoms with van der Waals surface area (Å²) in [5, 5.41) is 0. The normalized spacial score (nSPS) is 28.9. The summed E-state index contributed by atoms with van der Waals surface area (Å²) in [7, 11) is 2.74. The zero-order chi connectivity index (χ0) is 9.57. The first-order valence-electron chi connectivity index (χ1n) is 4.32. The summed E-state index contributed by atoms with van der Waals surface area (Å²) in [6, 6.07) is 0. The fourth-order valence-electron chi connectivity index (χ4n) is 2.02. The lowest BCUT2D eigenvalue weighted by atomic mass is 9.82. The lowest BCUT2D eigenvalue weighted by molar-refractivity contribution is -0.127. The van der Waals surface area contributed by atoms with E-state index in [4.69, 9.17) is 0 Å². The molecule has 0 aliphatic carbocycles. The van der Waals surface area contributed by atoms with Crippen molar-refractivity contribution >= 4 is 15.2 Å². The van der Waals surface area contributed by atoms with Crippen molar-refractivity contribution in [2.75, 3.05) is 0 Å². The molecule has 1 aliphatic heterocycles. The zero-order valence-corrected chi connectivity index (χ0v) is 9.50. The highest BCUT2D eigenvalue weighted by molar-refractivity contribution is 7.13. The van der Waals surface area contributed by atoms with Crippen LogP contribution in [0.15, 0.2) is 0 Å². The van der Waals surface area contributed by atoms with Crippen molar-refractivity contribution in [1.29, 1.82) is 0 Å². The first kappa shape index (κ1) is 10.1. The largest absolute Gasteiger partial charge is 0.300 e. The van der Waals surface area contributed by atoms with Crippen molar-refractivity contribution in [2.24, 2.45) is 0 Å². The van der Waals surface area contributed by atoms with Crippen molar-refractivity contribution in [3.05, 3.63) is 0 Å². The molecule has 0 N–H and O–H groups in total. The van der Waals surface area contributed by atoms with E-state index in [9.17, 15) is 4.79 Å². The van der Waals surface area contributed by atoms with E-state index in [1.807, 2.05) is 0 Å². The Bertz CT molecular complexity index is 191. The Morgan fingerprint density at radius 1 is 1.17 bits per heavy atom. The summed E-state index contributed by atoms with van der Waals surface area (Å²) < 4.78 is 2.22. The van der Waals surface area contributed by atoms with Gasteiger partial charge in [-0.1, -0.05) is 9.39 Å². The molecule has 0 amide bonds. The minimum atomic E-state index is -0.0104. The van der Waals surface area contributed by atoms with Crippen LogP contribution in [0, 0.1) is 0 Å². The highest BCUT2D eigenvalue weighted by atomic mass is 31.0. The number of piperidine rings is 1. The van der Waals surface area contributed by atoms with E-state index in [2.05, 4.69) is 41.8 Å². The molecule has 1 saturated heterocycles. The highest BCUT2D eigenvalue weighted by Gasteiger charge is 2.42. The molecular weight excluding hydrogens is 169 g/mol. The molecule has 0 aromatic rings. The fraction of sp³-hybridized carbons (Fsp3) is 0.889. The summed E-state index contributed by atoms with van der Waals surface area (Å²) >= 11 is 0. The molecule has 0 radical (unpaired) electrons. The van der Waals surface area contributed by atoms with E-state index in [0.717, 1.165) is 0 Å². The van der Waals surface area contributed by atoms with Crippen LogP contribution in [0.4, 0.5) is 0 Å². The van der Waals surface area contributed by atoms with Gasteiger partial charge in [-0.05, 0) is 27.7 Å². The SMILES string of the molecule is CC1(C)CC(=O)CC(C)(C)N1P. The number of nitrogens with zero attached hydrogens (tertiary/aromatic N) is 1. The molecule has 1 unspecified atom stereocenters. The number of hydrogen-bond acceptors (Lipinski definition) is 2. The zero-order valence-electron chi connectivity index (χ0n) is 8.35. The van der Waals surface area contributed by atoms with Crippen molar-refractivity contribution in [2.45, 2.75) is 51.6 Å². The van der Waals surface area contributed by atoms with Gasteiger partial charge in [0.25, 0.3) is 0 Å². The lowest BCUT2D eigenvalue weighted by Crippen LogP contribution is -2.55. The van der Waals surface area contributed by atoms with Gasteiger partial charge in [-0.15, -0.1) is 0 Å². The molecule has 0 saturated carbocycles. The average Bonchev–Trinajstić information content (AvgIpc) is 1.80. The van der Waals surface area contributed by atoms with Crippen molar-refractivity contribution in [3.8, 4) is 0 Å².